The molecule has 0 spiro atoms. The highest BCUT2D eigenvalue weighted by atomic mass is 16.2. The van der Waals surface area contributed by atoms with Crippen LogP contribution in [0.25, 0.3) is 0 Å². The number of nitrogens with one attached hydrogen (secondary N) is 1. The minimum atomic E-state index is -0.0598. The van der Waals surface area contributed by atoms with Gasteiger partial charge in [0.15, 0.2) is 0 Å². The van der Waals surface area contributed by atoms with Gasteiger partial charge in [0.25, 0.3) is 5.91 Å². The lowest BCUT2D eigenvalue weighted by molar-refractivity contribution is 0.0534. The zero-order valence-corrected chi connectivity index (χ0v) is 14.3. The first-order valence-electron chi connectivity index (χ1n) is 8.43. The summed E-state index contributed by atoms with van der Waals surface area (Å²) in [5.41, 5.74) is 8.64. The smallest absolute Gasteiger partial charge is 0.255 e. The first-order chi connectivity index (χ1) is 11.5. The van der Waals surface area contributed by atoms with Gasteiger partial charge in [-0.05, 0) is 36.1 Å². The van der Waals surface area contributed by atoms with E-state index in [2.05, 4.69) is 19.2 Å². The number of amides is 1. The third-order valence-electron chi connectivity index (χ3n) is 4.81. The number of carbonyl (C=O) groups is 1. The highest BCUT2D eigenvalue weighted by Crippen LogP contribution is 2.30. The number of hydrogen-bond acceptors (Lipinski definition) is 3. The Morgan fingerprint density at radius 3 is 2.50 bits per heavy atom. The molecule has 24 heavy (non-hydrogen) atoms. The van der Waals surface area contributed by atoms with E-state index in [4.69, 9.17) is 5.73 Å². The average molecular weight is 323 g/mol. The third-order valence-corrected chi connectivity index (χ3v) is 4.81. The summed E-state index contributed by atoms with van der Waals surface area (Å²) in [5.74, 6) is 0.0639. The SMILES string of the molecule is CC1(C)CN(C(=O)c2ccccc2Nc2ccccc2)CCC1N. The van der Waals surface area contributed by atoms with E-state index < -0.39 is 0 Å². The number of para-hydroxylation sites is 2. The predicted octanol–water partition coefficient (Wildman–Crippen LogP) is 3.63. The van der Waals surface area contributed by atoms with E-state index in [1.165, 1.54) is 0 Å². The van der Waals surface area contributed by atoms with Crippen LogP contribution >= 0.6 is 0 Å². The first kappa shape index (κ1) is 16.5. The molecule has 2 aromatic carbocycles. The van der Waals surface area contributed by atoms with Gasteiger partial charge in [0.1, 0.15) is 0 Å². The molecule has 126 valence electrons. The summed E-state index contributed by atoms with van der Waals surface area (Å²) in [5, 5.41) is 3.35. The standard InChI is InChI=1S/C20H25N3O/c1-20(2)14-23(13-12-18(20)21)19(24)16-10-6-7-11-17(16)22-15-8-4-3-5-9-15/h3-11,18,22H,12-14,21H2,1-2H3. The monoisotopic (exact) mass is 323 g/mol. The lowest BCUT2D eigenvalue weighted by atomic mass is 9.79. The molecular formula is C20H25N3O. The molecule has 3 rings (SSSR count). The number of anilines is 2. The van der Waals surface area contributed by atoms with E-state index in [0.717, 1.165) is 17.8 Å². The van der Waals surface area contributed by atoms with E-state index in [1.54, 1.807) is 0 Å². The van der Waals surface area contributed by atoms with Crippen molar-refractivity contribution in [3.8, 4) is 0 Å². The molecule has 2 aromatic rings. The van der Waals surface area contributed by atoms with Gasteiger partial charge in [-0.1, -0.05) is 44.2 Å². The molecule has 0 radical (unpaired) electrons. The summed E-state index contributed by atoms with van der Waals surface area (Å²) in [4.78, 5) is 15.0. The second kappa shape index (κ2) is 6.65. The number of benzene rings is 2. The van der Waals surface area contributed by atoms with Crippen molar-refractivity contribution in [3.05, 3.63) is 60.2 Å². The number of hydrogen-bond donors (Lipinski definition) is 2. The van der Waals surface area contributed by atoms with Gasteiger partial charge < -0.3 is 16.0 Å². The number of rotatable bonds is 3. The van der Waals surface area contributed by atoms with E-state index in [0.29, 0.717) is 18.7 Å². The lowest BCUT2D eigenvalue weighted by Crippen LogP contribution is -2.54. The zero-order chi connectivity index (χ0) is 17.2. The quantitative estimate of drug-likeness (QED) is 0.907. The molecule has 3 N–H and O–H groups in total. The van der Waals surface area contributed by atoms with Gasteiger partial charge in [-0.3, -0.25) is 4.79 Å². The van der Waals surface area contributed by atoms with Crippen molar-refractivity contribution in [3.63, 3.8) is 0 Å². The summed E-state index contributed by atoms with van der Waals surface area (Å²) in [7, 11) is 0. The van der Waals surface area contributed by atoms with Crippen molar-refractivity contribution in [1.29, 1.82) is 0 Å². The molecule has 0 aromatic heterocycles. The van der Waals surface area contributed by atoms with Gasteiger partial charge in [-0.15, -0.1) is 0 Å². The molecule has 4 nitrogen and oxygen atoms in total. The maximum absolute atomic E-state index is 13.1. The van der Waals surface area contributed by atoms with Crippen molar-refractivity contribution in [2.75, 3.05) is 18.4 Å². The van der Waals surface area contributed by atoms with Crippen LogP contribution in [0.1, 0.15) is 30.6 Å². The molecule has 1 amide bonds. The summed E-state index contributed by atoms with van der Waals surface area (Å²) >= 11 is 0. The van der Waals surface area contributed by atoms with Gasteiger partial charge >= 0.3 is 0 Å². The molecule has 1 heterocycles. The van der Waals surface area contributed by atoms with Crippen LogP contribution in [0.4, 0.5) is 11.4 Å². The number of piperidine rings is 1. The Morgan fingerprint density at radius 2 is 1.79 bits per heavy atom. The van der Waals surface area contributed by atoms with Crippen molar-refractivity contribution in [1.82, 2.24) is 4.90 Å². The Balaban J connectivity index is 1.83. The lowest BCUT2D eigenvalue weighted by Gasteiger charge is -2.42. The number of nitrogens with zero attached hydrogens (tertiary/aromatic N) is 1. The minimum Gasteiger partial charge on any atom is -0.355 e. The number of likely N-dealkylation sites (tertiary alicyclic amines) is 1. The number of nitrogens with two attached hydrogens (primary N) is 1. The van der Waals surface area contributed by atoms with Gasteiger partial charge in [0, 0.05) is 24.8 Å². The fraction of sp³-hybridized carbons (Fsp3) is 0.350. The van der Waals surface area contributed by atoms with Crippen LogP contribution in [0.5, 0.6) is 0 Å². The Bertz CT molecular complexity index is 712. The maximum atomic E-state index is 13.1. The molecule has 0 saturated carbocycles. The summed E-state index contributed by atoms with van der Waals surface area (Å²) < 4.78 is 0. The molecule has 1 atom stereocenters. The predicted molar refractivity (Wildman–Crippen MR) is 98.4 cm³/mol. The van der Waals surface area contributed by atoms with E-state index in [1.807, 2.05) is 59.5 Å². The summed E-state index contributed by atoms with van der Waals surface area (Å²) in [6, 6.07) is 17.7. The zero-order valence-electron chi connectivity index (χ0n) is 14.3. The highest BCUT2D eigenvalue weighted by molar-refractivity contribution is 6.00. The Hall–Kier alpha value is -2.33. The Kier molecular flexibility index (Phi) is 4.58. The van der Waals surface area contributed by atoms with Crippen LogP contribution in [0.3, 0.4) is 0 Å². The second-order valence-electron chi connectivity index (χ2n) is 7.15. The number of carbonyl (C=O) groups excluding carboxylic acids is 1. The van der Waals surface area contributed by atoms with Crippen molar-refractivity contribution < 1.29 is 4.79 Å². The maximum Gasteiger partial charge on any atom is 0.255 e. The van der Waals surface area contributed by atoms with Crippen LogP contribution in [0.15, 0.2) is 54.6 Å². The summed E-state index contributed by atoms with van der Waals surface area (Å²) in [6.45, 7) is 5.66. The third kappa shape index (κ3) is 3.44. The highest BCUT2D eigenvalue weighted by Gasteiger charge is 2.35. The topological polar surface area (TPSA) is 58.4 Å². The fourth-order valence-corrected chi connectivity index (χ4v) is 3.17. The molecule has 0 bridgehead atoms. The minimum absolute atomic E-state index is 0.0598. The Labute approximate surface area is 143 Å². The molecule has 1 aliphatic heterocycles. The van der Waals surface area contributed by atoms with Gasteiger partial charge in [0.05, 0.1) is 11.3 Å². The average Bonchev–Trinajstić information content (AvgIpc) is 2.58. The van der Waals surface area contributed by atoms with Crippen LogP contribution in [-0.2, 0) is 0 Å². The van der Waals surface area contributed by atoms with Crippen molar-refractivity contribution in [2.24, 2.45) is 11.1 Å². The largest absolute Gasteiger partial charge is 0.355 e. The van der Waals surface area contributed by atoms with Crippen LogP contribution in [0, 0.1) is 5.41 Å². The molecule has 1 fully saturated rings. The molecule has 1 aliphatic rings. The molecular weight excluding hydrogens is 298 g/mol. The molecule has 0 aliphatic carbocycles. The van der Waals surface area contributed by atoms with Crippen molar-refractivity contribution in [2.45, 2.75) is 26.3 Å². The normalized spacial score (nSPS) is 19.8. The van der Waals surface area contributed by atoms with Gasteiger partial charge in [0.2, 0.25) is 0 Å². The Morgan fingerprint density at radius 1 is 1.12 bits per heavy atom. The van der Waals surface area contributed by atoms with Crippen molar-refractivity contribution >= 4 is 17.3 Å². The van der Waals surface area contributed by atoms with E-state index >= 15 is 0 Å². The van der Waals surface area contributed by atoms with Crippen LogP contribution in [0.2, 0.25) is 0 Å². The van der Waals surface area contributed by atoms with E-state index in [9.17, 15) is 4.79 Å². The molecule has 1 saturated heterocycles. The fourth-order valence-electron chi connectivity index (χ4n) is 3.17. The first-order valence-corrected chi connectivity index (χ1v) is 8.43. The van der Waals surface area contributed by atoms with E-state index in [-0.39, 0.29) is 17.4 Å². The van der Waals surface area contributed by atoms with Crippen LogP contribution < -0.4 is 11.1 Å². The van der Waals surface area contributed by atoms with Crippen LogP contribution in [-0.4, -0.2) is 29.9 Å². The molecule has 1 unspecified atom stereocenters. The summed E-state index contributed by atoms with van der Waals surface area (Å²) in [6.07, 6.45) is 0.840. The molecule has 4 heteroatoms. The van der Waals surface area contributed by atoms with Gasteiger partial charge in [-0.25, -0.2) is 0 Å². The second-order valence-corrected chi connectivity index (χ2v) is 7.15. The van der Waals surface area contributed by atoms with Gasteiger partial charge in [-0.2, -0.15) is 0 Å².